The topological polar surface area (TPSA) is 49.3 Å². The van der Waals surface area contributed by atoms with Gasteiger partial charge in [0.25, 0.3) is 0 Å². The molecule has 0 unspecified atom stereocenters. The smallest absolute Gasteiger partial charge is 0.191 e. The van der Waals surface area contributed by atoms with Gasteiger partial charge in [0.15, 0.2) is 5.96 Å². The van der Waals surface area contributed by atoms with Gasteiger partial charge in [-0.3, -0.25) is 4.99 Å². The molecule has 1 heterocycles. The van der Waals surface area contributed by atoms with Gasteiger partial charge in [0, 0.05) is 37.1 Å². The molecular formula is C15H29IN4S2. The van der Waals surface area contributed by atoms with Crippen LogP contribution < -0.4 is 10.6 Å². The van der Waals surface area contributed by atoms with Gasteiger partial charge in [-0.1, -0.05) is 0 Å². The zero-order valence-electron chi connectivity index (χ0n) is 13.9. The molecule has 7 heteroatoms. The molecule has 0 saturated carbocycles. The summed E-state index contributed by atoms with van der Waals surface area (Å²) in [6, 6.07) is 0. The maximum absolute atomic E-state index is 4.62. The van der Waals surface area contributed by atoms with Crippen LogP contribution in [0.5, 0.6) is 0 Å². The van der Waals surface area contributed by atoms with Crippen molar-refractivity contribution in [1.82, 2.24) is 15.6 Å². The predicted molar refractivity (Wildman–Crippen MR) is 112 cm³/mol. The van der Waals surface area contributed by atoms with Crippen molar-refractivity contribution in [1.29, 1.82) is 0 Å². The van der Waals surface area contributed by atoms with Crippen LogP contribution >= 0.6 is 47.1 Å². The number of guanidine groups is 1. The summed E-state index contributed by atoms with van der Waals surface area (Å²) >= 11 is 3.66. The summed E-state index contributed by atoms with van der Waals surface area (Å²) in [6.45, 7) is 6.89. The second-order valence-electron chi connectivity index (χ2n) is 4.87. The highest BCUT2D eigenvalue weighted by Crippen LogP contribution is 2.10. The van der Waals surface area contributed by atoms with Crippen molar-refractivity contribution in [2.24, 2.45) is 4.99 Å². The van der Waals surface area contributed by atoms with Gasteiger partial charge < -0.3 is 10.6 Å². The number of hydrogen-bond donors (Lipinski definition) is 2. The molecular weight excluding hydrogens is 427 g/mol. The second kappa shape index (κ2) is 14.6. The van der Waals surface area contributed by atoms with E-state index in [1.54, 1.807) is 11.3 Å². The standard InChI is InChI=1S/C15H28N4S2.HI/c1-4-16-15(17-9-5-6-11-20-3)18-10-7-8-14-19-13(2)12-21-14;/h12H,4-11H2,1-3H3,(H2,16,17,18);1H. The first-order chi connectivity index (χ1) is 10.3. The van der Waals surface area contributed by atoms with Crippen molar-refractivity contribution in [2.45, 2.75) is 39.5 Å². The number of aliphatic imine (C=N–C) groups is 1. The fraction of sp³-hybridized carbons (Fsp3) is 0.733. The minimum absolute atomic E-state index is 0. The van der Waals surface area contributed by atoms with Crippen LogP contribution in [-0.4, -0.2) is 42.6 Å². The number of aryl methyl sites for hydroxylation is 2. The van der Waals surface area contributed by atoms with Crippen molar-refractivity contribution in [3.63, 3.8) is 0 Å². The summed E-state index contributed by atoms with van der Waals surface area (Å²) in [4.78, 5) is 9.10. The Balaban J connectivity index is 0.00000441. The lowest BCUT2D eigenvalue weighted by Crippen LogP contribution is -2.37. The number of thioether (sulfide) groups is 1. The zero-order valence-corrected chi connectivity index (χ0v) is 17.8. The van der Waals surface area contributed by atoms with E-state index in [4.69, 9.17) is 0 Å². The van der Waals surface area contributed by atoms with E-state index in [2.05, 4.69) is 39.2 Å². The number of halogens is 1. The Bertz CT molecular complexity index is 410. The highest BCUT2D eigenvalue weighted by atomic mass is 127. The van der Waals surface area contributed by atoms with Crippen LogP contribution in [0.15, 0.2) is 10.4 Å². The Hall–Kier alpha value is -0.0200. The number of aromatic nitrogens is 1. The lowest BCUT2D eigenvalue weighted by atomic mass is 10.3. The summed E-state index contributed by atoms with van der Waals surface area (Å²) in [5.41, 5.74) is 1.12. The molecule has 0 saturated heterocycles. The minimum atomic E-state index is 0. The fourth-order valence-corrected chi connectivity index (χ4v) is 3.17. The molecule has 0 aromatic carbocycles. The highest BCUT2D eigenvalue weighted by molar-refractivity contribution is 14.0. The molecule has 0 fully saturated rings. The van der Waals surface area contributed by atoms with Crippen LogP contribution in [0.1, 0.15) is 36.9 Å². The van der Waals surface area contributed by atoms with E-state index in [0.29, 0.717) is 0 Å². The SMILES string of the molecule is CCNC(=NCCCc1nc(C)cs1)NCCCCSC.I. The van der Waals surface area contributed by atoms with Crippen molar-refractivity contribution in [3.8, 4) is 0 Å². The Morgan fingerprint density at radius 3 is 2.77 bits per heavy atom. The molecule has 128 valence electrons. The fourth-order valence-electron chi connectivity index (χ4n) is 1.86. The Labute approximate surface area is 160 Å². The molecule has 0 aliphatic carbocycles. The molecule has 0 spiro atoms. The number of rotatable bonds is 10. The third-order valence-corrected chi connectivity index (χ3v) is 4.62. The number of hydrogen-bond acceptors (Lipinski definition) is 4. The Kier molecular flexibility index (Phi) is 14.6. The molecule has 1 aromatic heterocycles. The number of nitrogens with one attached hydrogen (secondary N) is 2. The van der Waals surface area contributed by atoms with E-state index in [1.165, 1.54) is 23.6 Å². The molecule has 0 aliphatic rings. The third kappa shape index (κ3) is 10.7. The van der Waals surface area contributed by atoms with Crippen molar-refractivity contribution in [3.05, 3.63) is 16.1 Å². The largest absolute Gasteiger partial charge is 0.357 e. The predicted octanol–water partition coefficient (Wildman–Crippen LogP) is 3.70. The third-order valence-electron chi connectivity index (χ3n) is 2.90. The molecule has 4 nitrogen and oxygen atoms in total. The maximum atomic E-state index is 4.62. The average molecular weight is 456 g/mol. The first-order valence-corrected chi connectivity index (χ1v) is 9.95. The number of unbranched alkanes of at least 4 members (excludes halogenated alkanes) is 1. The van der Waals surface area contributed by atoms with E-state index >= 15 is 0 Å². The molecule has 1 rings (SSSR count). The lowest BCUT2D eigenvalue weighted by molar-refractivity contribution is 0.728. The molecule has 0 amide bonds. The van der Waals surface area contributed by atoms with Crippen molar-refractivity contribution < 1.29 is 0 Å². The maximum Gasteiger partial charge on any atom is 0.191 e. The van der Waals surface area contributed by atoms with Gasteiger partial charge in [-0.25, -0.2) is 4.98 Å². The van der Waals surface area contributed by atoms with Gasteiger partial charge in [0.1, 0.15) is 0 Å². The van der Waals surface area contributed by atoms with Crippen LogP contribution in [0.4, 0.5) is 0 Å². The summed E-state index contributed by atoms with van der Waals surface area (Å²) in [5, 5.41) is 10.0. The second-order valence-corrected chi connectivity index (χ2v) is 6.80. The Morgan fingerprint density at radius 2 is 2.14 bits per heavy atom. The van der Waals surface area contributed by atoms with E-state index in [9.17, 15) is 0 Å². The van der Waals surface area contributed by atoms with Crippen LogP contribution in [-0.2, 0) is 6.42 Å². The van der Waals surface area contributed by atoms with Gasteiger partial charge in [-0.05, 0) is 45.1 Å². The van der Waals surface area contributed by atoms with E-state index in [-0.39, 0.29) is 24.0 Å². The van der Waals surface area contributed by atoms with Gasteiger partial charge >= 0.3 is 0 Å². The summed E-state index contributed by atoms with van der Waals surface area (Å²) in [7, 11) is 0. The molecule has 0 radical (unpaired) electrons. The first-order valence-electron chi connectivity index (χ1n) is 7.68. The normalized spacial score (nSPS) is 11.1. The number of thiazole rings is 1. The van der Waals surface area contributed by atoms with E-state index < -0.39 is 0 Å². The molecule has 0 aliphatic heterocycles. The monoisotopic (exact) mass is 456 g/mol. The van der Waals surface area contributed by atoms with Gasteiger partial charge in [-0.2, -0.15) is 11.8 Å². The summed E-state index contributed by atoms with van der Waals surface area (Å²) in [6.07, 6.45) is 6.69. The quantitative estimate of drug-likeness (QED) is 0.244. The van der Waals surface area contributed by atoms with Crippen molar-refractivity contribution >= 4 is 53.0 Å². The first kappa shape index (κ1) is 22.0. The number of nitrogens with zero attached hydrogens (tertiary/aromatic N) is 2. The molecule has 22 heavy (non-hydrogen) atoms. The summed E-state index contributed by atoms with van der Waals surface area (Å²) < 4.78 is 0. The van der Waals surface area contributed by atoms with Gasteiger partial charge in [0.2, 0.25) is 0 Å². The highest BCUT2D eigenvalue weighted by Gasteiger charge is 1.99. The van der Waals surface area contributed by atoms with Crippen LogP contribution in [0.3, 0.4) is 0 Å². The van der Waals surface area contributed by atoms with E-state index in [1.807, 2.05) is 18.7 Å². The van der Waals surface area contributed by atoms with Crippen LogP contribution in [0.25, 0.3) is 0 Å². The molecule has 0 atom stereocenters. The summed E-state index contributed by atoms with van der Waals surface area (Å²) in [5.74, 6) is 2.18. The zero-order chi connectivity index (χ0) is 15.3. The van der Waals surface area contributed by atoms with Crippen LogP contribution in [0.2, 0.25) is 0 Å². The average Bonchev–Trinajstić information content (AvgIpc) is 2.88. The minimum Gasteiger partial charge on any atom is -0.357 e. The van der Waals surface area contributed by atoms with Crippen LogP contribution in [0, 0.1) is 6.92 Å². The molecule has 0 bridgehead atoms. The van der Waals surface area contributed by atoms with E-state index in [0.717, 1.165) is 44.1 Å². The van der Waals surface area contributed by atoms with Gasteiger partial charge in [0.05, 0.1) is 5.01 Å². The Morgan fingerprint density at radius 1 is 1.32 bits per heavy atom. The molecule has 1 aromatic rings. The van der Waals surface area contributed by atoms with Crippen molar-refractivity contribution in [2.75, 3.05) is 31.6 Å². The van der Waals surface area contributed by atoms with Gasteiger partial charge in [-0.15, -0.1) is 35.3 Å². The molecule has 2 N–H and O–H groups in total. The lowest BCUT2D eigenvalue weighted by Gasteiger charge is -2.10.